The van der Waals surface area contributed by atoms with E-state index in [4.69, 9.17) is 4.74 Å². The van der Waals surface area contributed by atoms with Crippen LogP contribution in [-0.2, 0) is 19.2 Å². The van der Waals surface area contributed by atoms with Crippen molar-refractivity contribution in [3.63, 3.8) is 0 Å². The SMILES string of the molecule is CC12C(=O)N(c3ccccc3)C(=O)C1CC1C(=CCC3C(=O)N(c4ccc(I)cc4)C(=O)C31)C2c1ccccc1OCCO. The number of hydrogen-bond donors (Lipinski definition) is 1. The van der Waals surface area contributed by atoms with Gasteiger partial charge in [-0.25, -0.2) is 4.90 Å². The molecular formula is C35H31IN2O6. The lowest BCUT2D eigenvalue weighted by molar-refractivity contribution is -0.131. The molecular weight excluding hydrogens is 671 g/mol. The number of carbonyl (C=O) groups excluding carboxylic acids is 4. The highest BCUT2D eigenvalue weighted by atomic mass is 127. The van der Waals surface area contributed by atoms with Crippen LogP contribution in [0.4, 0.5) is 11.4 Å². The Morgan fingerprint density at radius 1 is 0.841 bits per heavy atom. The van der Waals surface area contributed by atoms with Crippen LogP contribution in [-0.4, -0.2) is 41.9 Å². The molecule has 0 bridgehead atoms. The van der Waals surface area contributed by atoms with Gasteiger partial charge in [0.25, 0.3) is 0 Å². The number of amides is 4. The maximum Gasteiger partial charge on any atom is 0.241 e. The predicted octanol–water partition coefficient (Wildman–Crippen LogP) is 5.10. The molecule has 2 heterocycles. The molecule has 3 fully saturated rings. The number of anilines is 2. The molecule has 4 aliphatic rings. The first-order valence-electron chi connectivity index (χ1n) is 14.9. The first kappa shape index (κ1) is 28.9. The zero-order chi connectivity index (χ0) is 30.7. The Labute approximate surface area is 268 Å². The number of allylic oxidation sites excluding steroid dienone is 2. The van der Waals surface area contributed by atoms with Crippen molar-refractivity contribution in [1.82, 2.24) is 0 Å². The van der Waals surface area contributed by atoms with Gasteiger partial charge in [-0.3, -0.25) is 24.1 Å². The third-order valence-electron chi connectivity index (χ3n) is 9.95. The fourth-order valence-electron chi connectivity index (χ4n) is 8.03. The van der Waals surface area contributed by atoms with Crippen molar-refractivity contribution in [1.29, 1.82) is 0 Å². The smallest absolute Gasteiger partial charge is 0.241 e. The number of carbonyl (C=O) groups is 4. The topological polar surface area (TPSA) is 104 Å². The minimum atomic E-state index is -1.16. The Morgan fingerprint density at radius 3 is 2.25 bits per heavy atom. The maximum absolute atomic E-state index is 14.5. The number of fused-ring (bicyclic) bond motifs is 4. The average molecular weight is 703 g/mol. The van der Waals surface area contributed by atoms with E-state index in [9.17, 15) is 24.3 Å². The van der Waals surface area contributed by atoms with E-state index in [0.29, 0.717) is 23.5 Å². The molecule has 0 aromatic heterocycles. The van der Waals surface area contributed by atoms with Gasteiger partial charge in [-0.05, 0) is 90.7 Å². The molecule has 3 aromatic carbocycles. The van der Waals surface area contributed by atoms with Gasteiger partial charge < -0.3 is 9.84 Å². The number of rotatable bonds is 6. The Bertz CT molecular complexity index is 1710. The first-order chi connectivity index (χ1) is 21.3. The second-order valence-corrected chi connectivity index (χ2v) is 13.3. The molecule has 9 heteroatoms. The Kier molecular flexibility index (Phi) is 7.20. The molecule has 2 saturated heterocycles. The summed E-state index contributed by atoms with van der Waals surface area (Å²) in [5.74, 6) is -3.47. The van der Waals surface area contributed by atoms with Crippen molar-refractivity contribution in [3.05, 3.63) is 99.6 Å². The highest BCUT2D eigenvalue weighted by Crippen LogP contribution is 2.64. The quantitative estimate of drug-likeness (QED) is 0.218. The summed E-state index contributed by atoms with van der Waals surface area (Å²) >= 11 is 2.19. The van der Waals surface area contributed by atoms with Crippen LogP contribution in [0.15, 0.2) is 90.5 Å². The summed E-state index contributed by atoms with van der Waals surface area (Å²) in [6, 6.07) is 23.7. The van der Waals surface area contributed by atoms with E-state index in [0.717, 1.165) is 14.7 Å². The van der Waals surface area contributed by atoms with Crippen LogP contribution < -0.4 is 14.5 Å². The third-order valence-corrected chi connectivity index (χ3v) is 10.7. The number of para-hydroxylation sites is 2. The number of ether oxygens (including phenoxy) is 1. The molecule has 44 heavy (non-hydrogen) atoms. The number of halogens is 1. The van der Waals surface area contributed by atoms with E-state index in [1.165, 1.54) is 9.80 Å². The Balaban J connectivity index is 1.37. The molecule has 3 aromatic rings. The fourth-order valence-corrected chi connectivity index (χ4v) is 8.39. The zero-order valence-electron chi connectivity index (χ0n) is 24.1. The van der Waals surface area contributed by atoms with Gasteiger partial charge in [0.1, 0.15) is 12.4 Å². The van der Waals surface area contributed by atoms with Gasteiger partial charge in [0.15, 0.2) is 0 Å². The molecule has 6 atom stereocenters. The van der Waals surface area contributed by atoms with Crippen LogP contribution in [0.1, 0.15) is 31.2 Å². The van der Waals surface area contributed by atoms with Gasteiger partial charge in [0.05, 0.1) is 41.2 Å². The molecule has 1 saturated carbocycles. The fraction of sp³-hybridized carbons (Fsp3) is 0.314. The van der Waals surface area contributed by atoms with Gasteiger partial charge in [0.2, 0.25) is 23.6 Å². The lowest BCUT2D eigenvalue weighted by atomic mass is 9.51. The van der Waals surface area contributed by atoms with E-state index >= 15 is 0 Å². The molecule has 0 radical (unpaired) electrons. The summed E-state index contributed by atoms with van der Waals surface area (Å²) in [5.41, 5.74) is 1.51. The molecule has 224 valence electrons. The van der Waals surface area contributed by atoms with Crippen molar-refractivity contribution in [2.45, 2.75) is 25.7 Å². The van der Waals surface area contributed by atoms with Crippen molar-refractivity contribution < 1.29 is 29.0 Å². The molecule has 2 aliphatic heterocycles. The summed E-state index contributed by atoms with van der Waals surface area (Å²) in [7, 11) is 0. The molecule has 4 amide bonds. The predicted molar refractivity (Wildman–Crippen MR) is 172 cm³/mol. The summed E-state index contributed by atoms with van der Waals surface area (Å²) in [6.07, 6.45) is 2.68. The van der Waals surface area contributed by atoms with E-state index < -0.39 is 35.0 Å². The Hall–Kier alpha value is -3.83. The molecule has 6 unspecified atom stereocenters. The van der Waals surface area contributed by atoms with Crippen LogP contribution >= 0.6 is 22.6 Å². The zero-order valence-corrected chi connectivity index (χ0v) is 26.2. The minimum Gasteiger partial charge on any atom is -0.491 e. The van der Waals surface area contributed by atoms with E-state index in [-0.39, 0.29) is 43.3 Å². The minimum absolute atomic E-state index is 0.0675. The van der Waals surface area contributed by atoms with Gasteiger partial charge >= 0.3 is 0 Å². The second kappa shape index (κ2) is 11.0. The van der Waals surface area contributed by atoms with Gasteiger partial charge in [-0.1, -0.05) is 48.0 Å². The van der Waals surface area contributed by atoms with Crippen molar-refractivity contribution in [3.8, 4) is 5.75 Å². The van der Waals surface area contributed by atoms with Crippen LogP contribution in [0.3, 0.4) is 0 Å². The highest BCUT2D eigenvalue weighted by Gasteiger charge is 2.68. The molecule has 2 aliphatic carbocycles. The van der Waals surface area contributed by atoms with Crippen LogP contribution in [0.25, 0.3) is 0 Å². The standard InChI is InChI=1S/C35H31IN2O6/c1-35-27(32(41)38(34(35)43)21-7-3-2-4-8-21)19-26-23(30(35)24-9-5-6-10-28(24)44-18-17-39)15-16-25-29(26)33(42)37(31(25)40)22-13-11-20(36)12-14-22/h2-15,25-27,29-30,39H,16-19H2,1H3. The summed E-state index contributed by atoms with van der Waals surface area (Å²) in [4.78, 5) is 59.4. The molecule has 0 spiro atoms. The molecule has 8 nitrogen and oxygen atoms in total. The molecule has 7 rings (SSSR count). The molecule has 1 N–H and O–H groups in total. The number of hydrogen-bond acceptors (Lipinski definition) is 6. The van der Waals surface area contributed by atoms with Crippen LogP contribution in [0.5, 0.6) is 5.75 Å². The van der Waals surface area contributed by atoms with E-state index in [1.54, 1.807) is 42.5 Å². The van der Waals surface area contributed by atoms with Crippen molar-refractivity contribution >= 4 is 57.6 Å². The van der Waals surface area contributed by atoms with E-state index in [2.05, 4.69) is 22.6 Å². The lowest BCUT2D eigenvalue weighted by Gasteiger charge is -2.49. The Morgan fingerprint density at radius 2 is 1.52 bits per heavy atom. The van der Waals surface area contributed by atoms with Gasteiger partial charge in [-0.15, -0.1) is 0 Å². The summed E-state index contributed by atoms with van der Waals surface area (Å²) in [6.45, 7) is 1.74. The average Bonchev–Trinajstić information content (AvgIpc) is 3.40. The normalized spacial score (nSPS) is 29.3. The summed E-state index contributed by atoms with van der Waals surface area (Å²) < 4.78 is 6.97. The largest absolute Gasteiger partial charge is 0.491 e. The third kappa shape index (κ3) is 4.19. The van der Waals surface area contributed by atoms with Gasteiger partial charge in [0, 0.05) is 15.1 Å². The van der Waals surface area contributed by atoms with Crippen LogP contribution in [0, 0.1) is 32.7 Å². The number of benzene rings is 3. The second-order valence-electron chi connectivity index (χ2n) is 12.1. The van der Waals surface area contributed by atoms with Crippen LogP contribution in [0.2, 0.25) is 0 Å². The number of aliphatic hydroxyl groups is 1. The number of nitrogens with zero attached hydrogens (tertiary/aromatic N) is 2. The number of aliphatic hydroxyl groups excluding tert-OH is 1. The summed E-state index contributed by atoms with van der Waals surface area (Å²) in [5, 5.41) is 9.53. The van der Waals surface area contributed by atoms with Crippen molar-refractivity contribution in [2.24, 2.45) is 29.1 Å². The lowest BCUT2D eigenvalue weighted by Crippen LogP contribution is -2.49. The van der Waals surface area contributed by atoms with E-state index in [1.807, 2.05) is 49.4 Å². The van der Waals surface area contributed by atoms with Gasteiger partial charge in [-0.2, -0.15) is 0 Å². The first-order valence-corrected chi connectivity index (χ1v) is 15.9. The number of imide groups is 2. The maximum atomic E-state index is 14.5. The monoisotopic (exact) mass is 702 g/mol. The highest BCUT2D eigenvalue weighted by molar-refractivity contribution is 14.1. The van der Waals surface area contributed by atoms with Crippen molar-refractivity contribution in [2.75, 3.05) is 23.0 Å².